The molecule has 0 aromatic carbocycles. The predicted octanol–water partition coefficient (Wildman–Crippen LogP) is -0.376. The van der Waals surface area contributed by atoms with Crippen LogP contribution in [0.5, 0.6) is 0 Å². The largest absolute Gasteiger partial charge is 0.477 e. The molecule has 100 valence electrons. The van der Waals surface area contributed by atoms with Gasteiger partial charge in [-0.15, -0.1) is 0 Å². The lowest BCUT2D eigenvalue weighted by Gasteiger charge is -2.27. The zero-order valence-electron chi connectivity index (χ0n) is 9.70. The summed E-state index contributed by atoms with van der Waals surface area (Å²) in [7, 11) is 0. The maximum absolute atomic E-state index is 11.2. The molecule has 1 amide bonds. The Labute approximate surface area is 107 Å². The number of pyridine rings is 1. The number of rotatable bonds is 3. The van der Waals surface area contributed by atoms with Gasteiger partial charge in [0.25, 0.3) is 0 Å². The van der Waals surface area contributed by atoms with E-state index in [1.165, 1.54) is 0 Å². The Morgan fingerprint density at radius 1 is 1.58 bits per heavy atom. The molecule has 1 aliphatic heterocycles. The zero-order valence-corrected chi connectivity index (χ0v) is 9.70. The maximum Gasteiger partial charge on any atom is 0.342 e. The highest BCUT2D eigenvalue weighted by atomic mass is 16.6. The number of anilines is 1. The topological polar surface area (TPSA) is 126 Å². The van der Waals surface area contributed by atoms with Gasteiger partial charge in [-0.05, 0) is 0 Å². The Bertz CT molecular complexity index is 559. The smallest absolute Gasteiger partial charge is 0.342 e. The third-order valence-corrected chi connectivity index (χ3v) is 2.66. The first-order valence-corrected chi connectivity index (χ1v) is 5.38. The minimum absolute atomic E-state index is 0.0455. The molecule has 9 heteroatoms. The fraction of sp³-hybridized carbons (Fsp3) is 0.300. The first kappa shape index (κ1) is 12.7. The van der Waals surface area contributed by atoms with Crippen LogP contribution in [0.2, 0.25) is 0 Å². The van der Waals surface area contributed by atoms with E-state index in [1.807, 2.05) is 0 Å². The van der Waals surface area contributed by atoms with E-state index >= 15 is 0 Å². The number of aromatic carboxylic acids is 1. The van der Waals surface area contributed by atoms with E-state index < -0.39 is 22.1 Å². The van der Waals surface area contributed by atoms with Crippen LogP contribution in [0.1, 0.15) is 10.4 Å². The molecule has 0 aliphatic carbocycles. The van der Waals surface area contributed by atoms with E-state index in [2.05, 4.69) is 10.3 Å². The van der Waals surface area contributed by atoms with Gasteiger partial charge in [0, 0.05) is 19.2 Å². The highest BCUT2D eigenvalue weighted by Gasteiger charge is 2.24. The lowest BCUT2D eigenvalue weighted by molar-refractivity contribution is -0.385. The first-order valence-electron chi connectivity index (χ1n) is 5.38. The maximum atomic E-state index is 11.2. The summed E-state index contributed by atoms with van der Waals surface area (Å²) in [6, 6.07) is 1.11. The molecule has 19 heavy (non-hydrogen) atoms. The van der Waals surface area contributed by atoms with Crippen LogP contribution in [0.3, 0.4) is 0 Å². The van der Waals surface area contributed by atoms with E-state index in [4.69, 9.17) is 5.11 Å². The van der Waals surface area contributed by atoms with Crippen molar-refractivity contribution in [2.24, 2.45) is 0 Å². The Hall–Kier alpha value is -2.71. The monoisotopic (exact) mass is 266 g/mol. The minimum Gasteiger partial charge on any atom is -0.477 e. The number of aromatic nitrogens is 1. The van der Waals surface area contributed by atoms with Crippen molar-refractivity contribution in [2.45, 2.75) is 0 Å². The number of amides is 1. The molecule has 0 spiro atoms. The summed E-state index contributed by atoms with van der Waals surface area (Å²) >= 11 is 0. The van der Waals surface area contributed by atoms with Crippen LogP contribution in [-0.4, -0.2) is 46.5 Å². The van der Waals surface area contributed by atoms with E-state index in [1.54, 1.807) is 4.90 Å². The van der Waals surface area contributed by atoms with Gasteiger partial charge >= 0.3 is 11.7 Å². The fourth-order valence-electron chi connectivity index (χ4n) is 1.76. The van der Waals surface area contributed by atoms with Gasteiger partial charge in [0.2, 0.25) is 5.91 Å². The van der Waals surface area contributed by atoms with Gasteiger partial charge in [-0.1, -0.05) is 0 Å². The molecule has 1 aliphatic rings. The summed E-state index contributed by atoms with van der Waals surface area (Å²) in [4.78, 5) is 37.5. The number of hydrogen-bond acceptors (Lipinski definition) is 6. The van der Waals surface area contributed by atoms with Crippen LogP contribution < -0.4 is 10.2 Å². The highest BCUT2D eigenvalue weighted by Crippen LogP contribution is 2.22. The molecule has 0 unspecified atom stereocenters. The van der Waals surface area contributed by atoms with Crippen molar-refractivity contribution in [3.05, 3.63) is 27.9 Å². The molecule has 2 rings (SSSR count). The molecule has 1 saturated heterocycles. The van der Waals surface area contributed by atoms with Crippen LogP contribution in [0.25, 0.3) is 0 Å². The number of carboxylic acid groups (broad SMARTS) is 1. The van der Waals surface area contributed by atoms with Crippen LogP contribution in [0, 0.1) is 10.1 Å². The lowest BCUT2D eigenvalue weighted by Crippen LogP contribution is -2.48. The molecule has 1 aromatic heterocycles. The van der Waals surface area contributed by atoms with Crippen molar-refractivity contribution >= 4 is 23.4 Å². The molecule has 0 saturated carbocycles. The molecular formula is C10H10N4O5. The van der Waals surface area contributed by atoms with Crippen molar-refractivity contribution in [1.82, 2.24) is 10.3 Å². The second kappa shape index (κ2) is 4.88. The molecule has 0 atom stereocenters. The van der Waals surface area contributed by atoms with Gasteiger partial charge in [0.15, 0.2) is 0 Å². The number of hydrogen-bond donors (Lipinski definition) is 2. The minimum atomic E-state index is -1.41. The van der Waals surface area contributed by atoms with E-state index in [-0.39, 0.29) is 18.3 Å². The number of nitrogens with one attached hydrogen (secondary N) is 1. The van der Waals surface area contributed by atoms with Crippen molar-refractivity contribution in [1.29, 1.82) is 0 Å². The summed E-state index contributed by atoms with van der Waals surface area (Å²) in [5.41, 5.74) is -1.02. The molecule has 2 heterocycles. The van der Waals surface area contributed by atoms with Gasteiger partial charge < -0.3 is 15.3 Å². The average molecular weight is 266 g/mol. The lowest BCUT2D eigenvalue weighted by atomic mass is 10.2. The number of nitro groups is 1. The second-order valence-electron chi connectivity index (χ2n) is 3.89. The average Bonchev–Trinajstić information content (AvgIpc) is 2.37. The Balaban J connectivity index is 2.37. The molecule has 1 aromatic rings. The normalized spacial score (nSPS) is 14.9. The van der Waals surface area contributed by atoms with Crippen molar-refractivity contribution < 1.29 is 19.6 Å². The summed E-state index contributed by atoms with van der Waals surface area (Å²) in [6.07, 6.45) is 0.894. The second-order valence-corrected chi connectivity index (χ2v) is 3.89. The van der Waals surface area contributed by atoms with E-state index in [9.17, 15) is 19.7 Å². The van der Waals surface area contributed by atoms with Crippen molar-refractivity contribution in [3.8, 4) is 0 Å². The quantitative estimate of drug-likeness (QED) is 0.564. The zero-order chi connectivity index (χ0) is 14.0. The van der Waals surface area contributed by atoms with Crippen LogP contribution in [0.15, 0.2) is 12.3 Å². The van der Waals surface area contributed by atoms with E-state index in [0.29, 0.717) is 13.1 Å². The number of carbonyl (C=O) groups excluding carboxylic acids is 1. The third kappa shape index (κ3) is 2.59. The Morgan fingerprint density at radius 3 is 2.89 bits per heavy atom. The number of carboxylic acids is 1. The SMILES string of the molecule is O=C1CN(c2cc(C(=O)O)c([N+](=O)[O-])cn2)CCN1. The number of piperazine rings is 1. The van der Waals surface area contributed by atoms with Gasteiger partial charge in [0.05, 0.1) is 11.5 Å². The van der Waals surface area contributed by atoms with Gasteiger partial charge in [-0.25, -0.2) is 9.78 Å². The summed E-state index contributed by atoms with van der Waals surface area (Å²) in [6.45, 7) is 0.930. The van der Waals surface area contributed by atoms with E-state index in [0.717, 1.165) is 12.3 Å². The van der Waals surface area contributed by atoms with Crippen LogP contribution in [0.4, 0.5) is 11.5 Å². The summed E-state index contributed by atoms with van der Waals surface area (Å²) < 4.78 is 0. The van der Waals surface area contributed by atoms with Gasteiger partial charge in [0.1, 0.15) is 17.6 Å². The number of carbonyl (C=O) groups is 2. The van der Waals surface area contributed by atoms with Crippen LogP contribution in [-0.2, 0) is 4.79 Å². The third-order valence-electron chi connectivity index (χ3n) is 2.66. The van der Waals surface area contributed by atoms with Crippen molar-refractivity contribution in [2.75, 3.05) is 24.5 Å². The standard InChI is InChI=1S/C10H10N4O5/c15-9-5-13(2-1-11-9)8-3-6(10(16)17)7(4-12-8)14(18)19/h3-4H,1-2,5H2,(H,11,15)(H,16,17). The molecule has 0 radical (unpaired) electrons. The summed E-state index contributed by atoms with van der Waals surface area (Å²) in [5, 5.41) is 22.3. The molecule has 9 nitrogen and oxygen atoms in total. The Morgan fingerprint density at radius 2 is 2.32 bits per heavy atom. The molecule has 1 fully saturated rings. The highest BCUT2D eigenvalue weighted by molar-refractivity contribution is 5.93. The molecular weight excluding hydrogens is 256 g/mol. The first-order chi connectivity index (χ1) is 8.99. The Kier molecular flexibility index (Phi) is 3.27. The summed E-state index contributed by atoms with van der Waals surface area (Å²) in [5.74, 6) is -1.38. The molecule has 0 bridgehead atoms. The van der Waals surface area contributed by atoms with Crippen molar-refractivity contribution in [3.63, 3.8) is 0 Å². The van der Waals surface area contributed by atoms with Crippen LogP contribution >= 0.6 is 0 Å². The number of nitrogens with zero attached hydrogens (tertiary/aromatic N) is 3. The van der Waals surface area contributed by atoms with Gasteiger partial charge in [-0.3, -0.25) is 14.9 Å². The molecule has 2 N–H and O–H groups in total. The predicted molar refractivity (Wildman–Crippen MR) is 63.1 cm³/mol. The fourth-order valence-corrected chi connectivity index (χ4v) is 1.76. The van der Waals surface area contributed by atoms with Gasteiger partial charge in [-0.2, -0.15) is 0 Å².